The molecule has 0 amide bonds. The van der Waals surface area contributed by atoms with Crippen molar-refractivity contribution in [1.29, 1.82) is 0 Å². The van der Waals surface area contributed by atoms with Crippen LogP contribution in [0.4, 0.5) is 0 Å². The molecule has 0 saturated heterocycles. The number of esters is 4. The third kappa shape index (κ3) is 71.6. The smallest absolute Gasteiger partial charge is 0.462 e. The lowest BCUT2D eigenvalue weighted by Gasteiger charge is -2.21. The number of hydrogen-bond acceptors (Lipinski definition) is 15. The molecular formula is C81H136O17P2. The average molecular weight is 1440 g/mol. The van der Waals surface area contributed by atoms with Gasteiger partial charge in [-0.25, -0.2) is 9.13 Å². The first-order valence-electron chi connectivity index (χ1n) is 38.4. The molecule has 5 atom stereocenters. The maximum absolute atomic E-state index is 13.1. The molecule has 3 N–H and O–H groups in total. The van der Waals surface area contributed by atoms with Crippen LogP contribution in [0.15, 0.2) is 134 Å². The molecule has 0 aromatic carbocycles. The van der Waals surface area contributed by atoms with Crippen molar-refractivity contribution in [3.8, 4) is 0 Å². The van der Waals surface area contributed by atoms with E-state index in [0.717, 1.165) is 128 Å². The van der Waals surface area contributed by atoms with Crippen LogP contribution in [0.1, 0.15) is 297 Å². The van der Waals surface area contributed by atoms with Gasteiger partial charge in [0.2, 0.25) is 0 Å². The van der Waals surface area contributed by atoms with E-state index >= 15 is 0 Å². The molecule has 0 rings (SSSR count). The number of carbonyl (C=O) groups is 4. The summed E-state index contributed by atoms with van der Waals surface area (Å²) in [4.78, 5) is 72.8. The lowest BCUT2D eigenvalue weighted by molar-refractivity contribution is -0.161. The van der Waals surface area contributed by atoms with Crippen LogP contribution in [0.3, 0.4) is 0 Å². The van der Waals surface area contributed by atoms with Gasteiger partial charge in [-0.15, -0.1) is 0 Å². The van der Waals surface area contributed by atoms with Crippen LogP contribution >= 0.6 is 15.6 Å². The third-order valence-electron chi connectivity index (χ3n) is 15.6. The Bertz CT molecular complexity index is 2420. The lowest BCUT2D eigenvalue weighted by atomic mass is 10.1. The largest absolute Gasteiger partial charge is 0.472 e. The van der Waals surface area contributed by atoms with E-state index in [9.17, 15) is 43.2 Å². The number of carbonyl (C=O) groups excluding carboxylic acids is 4. The van der Waals surface area contributed by atoms with Crippen LogP contribution in [-0.2, 0) is 65.4 Å². The van der Waals surface area contributed by atoms with Gasteiger partial charge >= 0.3 is 39.5 Å². The van der Waals surface area contributed by atoms with Crippen molar-refractivity contribution < 1.29 is 80.2 Å². The zero-order valence-electron chi connectivity index (χ0n) is 62.3. The van der Waals surface area contributed by atoms with Gasteiger partial charge in [-0.2, -0.15) is 0 Å². The number of rotatable bonds is 71. The molecule has 17 nitrogen and oxygen atoms in total. The Balaban J connectivity index is 5.43. The van der Waals surface area contributed by atoms with Crippen LogP contribution in [0, 0.1) is 0 Å². The maximum Gasteiger partial charge on any atom is 0.472 e. The van der Waals surface area contributed by atoms with Crippen molar-refractivity contribution >= 4 is 39.5 Å². The number of unbranched alkanes of at least 4 members (excludes halogenated alkanes) is 23. The molecular weight excluding hydrogens is 1310 g/mol. The third-order valence-corrected chi connectivity index (χ3v) is 17.5. The van der Waals surface area contributed by atoms with Crippen molar-refractivity contribution in [2.45, 2.75) is 316 Å². The SMILES string of the molecule is CC/C=C\C/C=C\C/C=C\C/C=C\C/C=C\CCCC(=O)OCC(COP(=O)(O)OCC(O)COP(=O)(O)OCC(COC(=O)CCC/C=C\C/C=C\C/C=C\C/C=C\C/C=C\CC)OC(=O)CCCCCCCCCCCCC)OC(=O)CCCCCCC/C=C\CCCCCCCC. The summed E-state index contributed by atoms with van der Waals surface area (Å²) in [5.74, 6) is -2.32. The van der Waals surface area contributed by atoms with Crippen molar-refractivity contribution in [2.24, 2.45) is 0 Å². The quantitative estimate of drug-likeness (QED) is 0.0169. The van der Waals surface area contributed by atoms with E-state index in [-0.39, 0.29) is 25.7 Å². The van der Waals surface area contributed by atoms with Gasteiger partial charge in [0.25, 0.3) is 0 Å². The van der Waals surface area contributed by atoms with Gasteiger partial charge in [0.15, 0.2) is 12.2 Å². The van der Waals surface area contributed by atoms with Crippen LogP contribution in [0.25, 0.3) is 0 Å². The second-order valence-electron chi connectivity index (χ2n) is 25.2. The average Bonchev–Trinajstić information content (AvgIpc) is 1.02. The Hall–Kier alpha value is -4.80. The Morgan fingerprint density at radius 2 is 0.530 bits per heavy atom. The molecule has 19 heteroatoms. The van der Waals surface area contributed by atoms with E-state index in [1.165, 1.54) is 77.0 Å². The zero-order valence-corrected chi connectivity index (χ0v) is 64.1. The summed E-state index contributed by atoms with van der Waals surface area (Å²) >= 11 is 0. The Morgan fingerprint density at radius 3 is 0.840 bits per heavy atom. The van der Waals surface area contributed by atoms with Gasteiger partial charge in [-0.05, 0) is 128 Å². The van der Waals surface area contributed by atoms with E-state index in [0.29, 0.717) is 38.5 Å². The van der Waals surface area contributed by atoms with Crippen LogP contribution < -0.4 is 0 Å². The monoisotopic (exact) mass is 1440 g/mol. The molecule has 0 radical (unpaired) electrons. The number of aliphatic hydroxyl groups is 1. The van der Waals surface area contributed by atoms with Crippen molar-refractivity contribution in [3.05, 3.63) is 134 Å². The number of ether oxygens (including phenoxy) is 4. The fraction of sp³-hybridized carbons (Fsp3) is 0.679. The Kier molecular flexibility index (Phi) is 69.1. The standard InChI is InChI=1S/C81H136O17P2/c1-5-9-13-17-21-25-29-32-35-37-40-42-46-49-53-57-61-65-78(83)91-71-76(97-80(85)67-63-59-55-51-45-28-24-20-16-12-8-4)73-95-99(87,88)93-69-75(82)70-94-100(89,90)96-74-77(98-81(86)68-64-60-56-52-48-44-39-34-31-27-23-19-15-11-7-3)72-92-79(84)66-62-58-54-50-47-43-41-38-36-33-30-26-22-18-14-10-6-2/h9-10,13-14,21-22,25-26,32-36,39-43,49-50,53-54,75-77,82H,5-8,11-12,15-20,23-24,27-31,37-38,44-48,51-52,55-74H2,1-4H3,(H,87,88)(H,89,90)/b13-9-,14-10-,25-21-,26-22-,35-32-,36-33-,39-34-,42-40-,43-41-,53-49-,54-50-. The summed E-state index contributed by atoms with van der Waals surface area (Å²) < 4.78 is 68.3. The van der Waals surface area contributed by atoms with Crippen molar-refractivity contribution in [2.75, 3.05) is 39.6 Å². The molecule has 0 aromatic heterocycles. The van der Waals surface area contributed by atoms with E-state index in [4.69, 9.17) is 37.0 Å². The molecule has 0 bridgehead atoms. The van der Waals surface area contributed by atoms with Gasteiger partial charge in [0, 0.05) is 25.7 Å². The molecule has 0 spiro atoms. The number of hydrogen-bond donors (Lipinski definition) is 3. The number of aliphatic hydroxyl groups excluding tert-OH is 1. The van der Waals surface area contributed by atoms with E-state index in [2.05, 4.69) is 137 Å². The molecule has 0 aromatic rings. The van der Waals surface area contributed by atoms with Gasteiger partial charge in [-0.1, -0.05) is 277 Å². The maximum atomic E-state index is 13.1. The molecule has 5 unspecified atom stereocenters. The molecule has 0 heterocycles. The number of phosphoric acid groups is 2. The highest BCUT2D eigenvalue weighted by Gasteiger charge is 2.30. The molecule has 0 aliphatic carbocycles. The van der Waals surface area contributed by atoms with Crippen LogP contribution in [0.5, 0.6) is 0 Å². The van der Waals surface area contributed by atoms with Crippen molar-refractivity contribution in [3.63, 3.8) is 0 Å². The minimum Gasteiger partial charge on any atom is -0.462 e. The first-order valence-corrected chi connectivity index (χ1v) is 41.4. The first kappa shape index (κ1) is 95.2. The highest BCUT2D eigenvalue weighted by molar-refractivity contribution is 7.47. The molecule has 0 aliphatic heterocycles. The molecule has 0 saturated carbocycles. The lowest BCUT2D eigenvalue weighted by Crippen LogP contribution is -2.30. The predicted octanol–water partition coefficient (Wildman–Crippen LogP) is 22.1. The number of phosphoric ester groups is 2. The molecule has 0 aliphatic rings. The second kappa shape index (κ2) is 72.5. The normalized spacial score (nSPS) is 14.7. The topological polar surface area (TPSA) is 237 Å². The minimum absolute atomic E-state index is 0.0694. The summed E-state index contributed by atoms with van der Waals surface area (Å²) in [6.45, 7) is 4.49. The summed E-state index contributed by atoms with van der Waals surface area (Å²) in [5, 5.41) is 10.6. The Morgan fingerprint density at radius 1 is 0.290 bits per heavy atom. The van der Waals surface area contributed by atoms with E-state index in [1.54, 1.807) is 0 Å². The van der Waals surface area contributed by atoms with Gasteiger partial charge in [-0.3, -0.25) is 37.3 Å². The number of allylic oxidation sites excluding steroid dienone is 22. The van der Waals surface area contributed by atoms with Gasteiger partial charge < -0.3 is 33.8 Å². The van der Waals surface area contributed by atoms with Crippen LogP contribution in [-0.4, -0.2) is 96.7 Å². The molecule has 572 valence electrons. The first-order chi connectivity index (χ1) is 48.7. The fourth-order valence-electron chi connectivity index (χ4n) is 9.82. The van der Waals surface area contributed by atoms with Crippen molar-refractivity contribution in [1.82, 2.24) is 0 Å². The molecule has 0 fully saturated rings. The van der Waals surface area contributed by atoms with Gasteiger partial charge in [0.05, 0.1) is 26.4 Å². The predicted molar refractivity (Wildman–Crippen MR) is 408 cm³/mol. The minimum atomic E-state index is -4.99. The highest BCUT2D eigenvalue weighted by Crippen LogP contribution is 2.45. The Labute approximate surface area is 605 Å². The zero-order chi connectivity index (χ0) is 73.2. The second-order valence-corrected chi connectivity index (χ2v) is 28.1. The van der Waals surface area contributed by atoms with Gasteiger partial charge in [0.1, 0.15) is 19.3 Å². The van der Waals surface area contributed by atoms with Crippen LogP contribution in [0.2, 0.25) is 0 Å². The highest BCUT2D eigenvalue weighted by atomic mass is 31.2. The van der Waals surface area contributed by atoms with E-state index in [1.807, 2.05) is 24.3 Å². The fourth-order valence-corrected chi connectivity index (χ4v) is 11.4. The summed E-state index contributed by atoms with van der Waals surface area (Å²) in [5.41, 5.74) is 0. The summed E-state index contributed by atoms with van der Waals surface area (Å²) in [6.07, 6.45) is 80.3. The molecule has 100 heavy (non-hydrogen) atoms. The summed E-state index contributed by atoms with van der Waals surface area (Å²) in [6, 6.07) is 0. The van der Waals surface area contributed by atoms with E-state index < -0.39 is 97.5 Å². The summed E-state index contributed by atoms with van der Waals surface area (Å²) in [7, 11) is -9.98.